The maximum Gasteiger partial charge on any atom is 0.416 e. The molecule has 0 bridgehead atoms. The molecule has 3 aromatic carbocycles. The molecule has 1 aliphatic heterocycles. The number of hydrogen-bond donors (Lipinski definition) is 1. The number of benzene rings is 3. The number of alkyl halides is 3. The number of ether oxygens (including phenoxy) is 1. The van der Waals surface area contributed by atoms with Gasteiger partial charge in [0.05, 0.1) is 7.11 Å². The molecule has 0 radical (unpaired) electrons. The van der Waals surface area contributed by atoms with Gasteiger partial charge in [0.1, 0.15) is 17.4 Å². The monoisotopic (exact) mass is 462 g/mol. The van der Waals surface area contributed by atoms with Crippen LogP contribution in [0.2, 0.25) is 0 Å². The van der Waals surface area contributed by atoms with E-state index in [1.165, 1.54) is 12.1 Å². The molecule has 4 nitrogen and oxygen atoms in total. The van der Waals surface area contributed by atoms with Crippen molar-refractivity contribution >= 4 is 11.5 Å². The molecule has 0 spiro atoms. The van der Waals surface area contributed by atoms with Gasteiger partial charge in [-0.3, -0.25) is 4.79 Å². The van der Waals surface area contributed by atoms with Gasteiger partial charge in [-0.1, -0.05) is 66.2 Å². The van der Waals surface area contributed by atoms with E-state index in [-0.39, 0.29) is 16.7 Å². The number of carbonyl (C=O) groups excluding carboxylic acids is 1. The highest BCUT2D eigenvalue weighted by atomic mass is 19.4. The summed E-state index contributed by atoms with van der Waals surface area (Å²) in [5.74, 6) is -0.370. The second kappa shape index (κ2) is 8.71. The first-order chi connectivity index (χ1) is 16.2. The molecule has 1 atom stereocenters. The van der Waals surface area contributed by atoms with E-state index >= 15 is 0 Å². The van der Waals surface area contributed by atoms with Crippen molar-refractivity contribution in [3.63, 3.8) is 0 Å². The summed E-state index contributed by atoms with van der Waals surface area (Å²) in [7, 11) is 1.55. The molecule has 172 valence electrons. The van der Waals surface area contributed by atoms with E-state index in [4.69, 9.17) is 4.74 Å². The summed E-state index contributed by atoms with van der Waals surface area (Å²) in [4.78, 5) is 12.8. The van der Waals surface area contributed by atoms with Crippen LogP contribution in [0.15, 0.2) is 78.4 Å². The maximum absolute atomic E-state index is 14.6. The van der Waals surface area contributed by atoms with Crippen molar-refractivity contribution in [1.82, 2.24) is 5.32 Å². The lowest BCUT2D eigenvalue weighted by Crippen LogP contribution is -2.58. The number of methoxy groups -OCH3 is 1. The zero-order valence-electron chi connectivity index (χ0n) is 18.5. The lowest BCUT2D eigenvalue weighted by molar-refractivity contribution is -0.201. The molecule has 7 heteroatoms. The molecule has 0 saturated carbocycles. The lowest BCUT2D eigenvalue weighted by Gasteiger charge is -2.40. The van der Waals surface area contributed by atoms with Crippen LogP contribution in [0.25, 0.3) is 16.7 Å². The Morgan fingerprint density at radius 2 is 1.44 bits per heavy atom. The Balaban J connectivity index is 1.79. The largest absolute Gasteiger partial charge is 0.497 e. The Hall–Kier alpha value is -4.05. The number of aryl methyl sites for hydroxylation is 1. The van der Waals surface area contributed by atoms with Crippen LogP contribution >= 0.6 is 0 Å². The van der Waals surface area contributed by atoms with E-state index in [0.717, 1.165) is 16.7 Å². The summed E-state index contributed by atoms with van der Waals surface area (Å²) >= 11 is 0. The fourth-order valence-corrected chi connectivity index (χ4v) is 4.15. The number of nitriles is 1. The standard InChI is InChI=1S/C27H21F3N2O2/c1-17-3-5-20(6-4-17)23-15-26(27(28,29)30,32-25(33)24(23)16-31)21-11-7-18(8-12-21)19-9-13-22(34-2)14-10-19/h3-14H,15H2,1-2H3,(H,32,33). The number of carbonyl (C=O) groups is 1. The van der Waals surface area contributed by atoms with Crippen LogP contribution in [0, 0.1) is 18.3 Å². The molecule has 1 unspecified atom stereocenters. The third-order valence-corrected chi connectivity index (χ3v) is 6.09. The normalized spacial score (nSPS) is 18.3. The van der Waals surface area contributed by atoms with Crippen molar-refractivity contribution < 1.29 is 22.7 Å². The number of amides is 1. The molecular weight excluding hydrogens is 441 g/mol. The van der Waals surface area contributed by atoms with Crippen LogP contribution in [-0.4, -0.2) is 19.2 Å². The Morgan fingerprint density at radius 1 is 0.912 bits per heavy atom. The van der Waals surface area contributed by atoms with Gasteiger partial charge in [-0.2, -0.15) is 18.4 Å². The predicted molar refractivity (Wildman–Crippen MR) is 123 cm³/mol. The SMILES string of the molecule is COc1ccc(-c2ccc(C3(C(F)(F)F)CC(c4ccc(C)cc4)=C(C#N)C(=O)N3)cc2)cc1. The van der Waals surface area contributed by atoms with E-state index in [2.05, 4.69) is 5.32 Å². The van der Waals surface area contributed by atoms with Crippen molar-refractivity contribution in [2.45, 2.75) is 25.1 Å². The van der Waals surface area contributed by atoms with Crippen molar-refractivity contribution in [2.24, 2.45) is 0 Å². The molecule has 0 fully saturated rings. The molecule has 1 N–H and O–H groups in total. The maximum atomic E-state index is 14.6. The van der Waals surface area contributed by atoms with Gasteiger partial charge in [0.25, 0.3) is 5.91 Å². The van der Waals surface area contributed by atoms with Gasteiger partial charge in [0.2, 0.25) is 0 Å². The average Bonchev–Trinajstić information content (AvgIpc) is 2.83. The van der Waals surface area contributed by atoms with Gasteiger partial charge >= 0.3 is 6.18 Å². The average molecular weight is 462 g/mol. The molecule has 1 aliphatic rings. The molecular formula is C27H21F3N2O2. The van der Waals surface area contributed by atoms with Gasteiger partial charge in [-0.15, -0.1) is 0 Å². The third-order valence-electron chi connectivity index (χ3n) is 6.09. The number of nitrogens with one attached hydrogen (secondary N) is 1. The Morgan fingerprint density at radius 3 is 1.94 bits per heavy atom. The summed E-state index contributed by atoms with van der Waals surface area (Å²) in [5.41, 5.74) is -0.136. The minimum Gasteiger partial charge on any atom is -0.497 e. The van der Waals surface area contributed by atoms with Gasteiger partial charge in [-0.05, 0) is 46.9 Å². The van der Waals surface area contributed by atoms with E-state index < -0.39 is 24.0 Å². The van der Waals surface area contributed by atoms with Crippen molar-refractivity contribution in [3.8, 4) is 22.9 Å². The van der Waals surface area contributed by atoms with E-state index in [0.29, 0.717) is 11.3 Å². The zero-order chi connectivity index (χ0) is 24.5. The van der Waals surface area contributed by atoms with Crippen molar-refractivity contribution in [3.05, 3.63) is 95.1 Å². The Labute approximate surface area is 195 Å². The van der Waals surface area contributed by atoms with Crippen molar-refractivity contribution in [1.29, 1.82) is 5.26 Å². The van der Waals surface area contributed by atoms with Gasteiger partial charge in [0, 0.05) is 6.42 Å². The minimum atomic E-state index is -4.80. The molecule has 0 saturated heterocycles. The molecule has 0 aromatic heterocycles. The summed E-state index contributed by atoms with van der Waals surface area (Å²) in [6.07, 6.45) is -5.39. The number of rotatable bonds is 4. The number of nitrogens with zero attached hydrogens (tertiary/aromatic N) is 1. The first-order valence-corrected chi connectivity index (χ1v) is 10.5. The number of hydrogen-bond acceptors (Lipinski definition) is 3. The fraction of sp³-hybridized carbons (Fsp3) is 0.185. The topological polar surface area (TPSA) is 62.1 Å². The van der Waals surface area contributed by atoms with Crippen LogP contribution in [0.5, 0.6) is 5.75 Å². The fourth-order valence-electron chi connectivity index (χ4n) is 4.15. The Bertz CT molecular complexity index is 1290. The van der Waals surface area contributed by atoms with Gasteiger partial charge in [-0.25, -0.2) is 0 Å². The Kier molecular flexibility index (Phi) is 5.92. The molecule has 1 amide bonds. The predicted octanol–water partition coefficient (Wildman–Crippen LogP) is 5.93. The van der Waals surface area contributed by atoms with Crippen LogP contribution < -0.4 is 10.1 Å². The van der Waals surface area contributed by atoms with E-state index in [1.54, 1.807) is 61.7 Å². The third kappa shape index (κ3) is 4.03. The van der Waals surface area contributed by atoms with E-state index in [9.17, 15) is 23.2 Å². The quantitative estimate of drug-likeness (QED) is 0.523. The highest BCUT2D eigenvalue weighted by Gasteiger charge is 2.59. The molecule has 3 aromatic rings. The van der Waals surface area contributed by atoms with Crippen molar-refractivity contribution in [2.75, 3.05) is 7.11 Å². The molecule has 34 heavy (non-hydrogen) atoms. The summed E-state index contributed by atoms with van der Waals surface area (Å²) in [6, 6.07) is 21.6. The first-order valence-electron chi connectivity index (χ1n) is 10.5. The summed E-state index contributed by atoms with van der Waals surface area (Å²) in [6.45, 7) is 1.85. The second-order valence-electron chi connectivity index (χ2n) is 8.17. The van der Waals surface area contributed by atoms with Crippen LogP contribution in [0.1, 0.15) is 23.1 Å². The second-order valence-corrected chi connectivity index (χ2v) is 8.17. The van der Waals surface area contributed by atoms with Gasteiger partial charge < -0.3 is 10.1 Å². The van der Waals surface area contributed by atoms with Crippen LogP contribution in [0.3, 0.4) is 0 Å². The smallest absolute Gasteiger partial charge is 0.416 e. The highest BCUT2D eigenvalue weighted by Crippen LogP contribution is 2.48. The lowest BCUT2D eigenvalue weighted by atomic mass is 9.76. The number of halogens is 3. The molecule has 0 aliphatic carbocycles. The first kappa shape index (κ1) is 23.1. The van der Waals surface area contributed by atoms with Crippen LogP contribution in [0.4, 0.5) is 13.2 Å². The molecule has 4 rings (SSSR count). The van der Waals surface area contributed by atoms with E-state index in [1.807, 2.05) is 19.1 Å². The van der Waals surface area contributed by atoms with Crippen LogP contribution in [-0.2, 0) is 10.3 Å². The summed E-state index contributed by atoms with van der Waals surface area (Å²) in [5, 5.41) is 11.6. The summed E-state index contributed by atoms with van der Waals surface area (Å²) < 4.78 is 49.0. The minimum absolute atomic E-state index is 0.0720. The highest BCUT2D eigenvalue weighted by molar-refractivity contribution is 6.07. The zero-order valence-corrected chi connectivity index (χ0v) is 18.5. The van der Waals surface area contributed by atoms with Gasteiger partial charge in [0.15, 0.2) is 5.54 Å². The molecule has 1 heterocycles.